The highest BCUT2D eigenvalue weighted by atomic mass is 35.5. The predicted octanol–water partition coefficient (Wildman–Crippen LogP) is 2.47. The summed E-state index contributed by atoms with van der Waals surface area (Å²) in [5, 5.41) is 0.738. The van der Waals surface area contributed by atoms with Crippen LogP contribution in [0.1, 0.15) is 11.3 Å². The third-order valence-electron chi connectivity index (χ3n) is 3.82. The summed E-state index contributed by atoms with van der Waals surface area (Å²) in [6.45, 7) is 1.66. The maximum atomic E-state index is 11.4. The Kier molecular flexibility index (Phi) is 2.75. The van der Waals surface area contributed by atoms with Gasteiger partial charge in [-0.3, -0.25) is 4.98 Å². The van der Waals surface area contributed by atoms with Crippen LogP contribution in [0.25, 0.3) is 11.2 Å². The zero-order chi connectivity index (χ0) is 14.4. The largest absolute Gasteiger partial charge is 0.367 e. The first-order valence-electron chi connectivity index (χ1n) is 6.80. The molecule has 21 heavy (non-hydrogen) atoms. The second kappa shape index (κ2) is 4.63. The van der Waals surface area contributed by atoms with Crippen LogP contribution in [-0.2, 0) is 13.0 Å². The maximum absolute atomic E-state index is 11.4. The van der Waals surface area contributed by atoms with Gasteiger partial charge in [0, 0.05) is 35.9 Å². The summed E-state index contributed by atoms with van der Waals surface area (Å²) in [6.07, 6.45) is 0.852. The lowest BCUT2D eigenvalue weighted by Crippen LogP contribution is -2.30. The van der Waals surface area contributed by atoms with Crippen molar-refractivity contribution < 1.29 is 0 Å². The summed E-state index contributed by atoms with van der Waals surface area (Å²) in [6, 6.07) is 9.86. The van der Waals surface area contributed by atoms with Crippen molar-refractivity contribution in [2.24, 2.45) is 0 Å². The molecule has 3 heterocycles. The minimum atomic E-state index is -0.216. The van der Waals surface area contributed by atoms with Crippen LogP contribution in [0, 0.1) is 0 Å². The molecular formula is C15H13ClN4O. The van der Waals surface area contributed by atoms with Crippen molar-refractivity contribution in [1.29, 1.82) is 0 Å². The van der Waals surface area contributed by atoms with E-state index in [9.17, 15) is 4.79 Å². The average Bonchev–Trinajstić information content (AvgIpc) is 2.83. The van der Waals surface area contributed by atoms with Gasteiger partial charge in [0.2, 0.25) is 0 Å². The highest BCUT2D eigenvalue weighted by Gasteiger charge is 2.19. The van der Waals surface area contributed by atoms with E-state index >= 15 is 0 Å². The van der Waals surface area contributed by atoms with E-state index in [4.69, 9.17) is 11.6 Å². The van der Waals surface area contributed by atoms with Crippen molar-refractivity contribution in [3.05, 3.63) is 57.1 Å². The Morgan fingerprint density at radius 1 is 1.24 bits per heavy atom. The zero-order valence-electron chi connectivity index (χ0n) is 11.2. The highest BCUT2D eigenvalue weighted by Crippen LogP contribution is 2.26. The summed E-state index contributed by atoms with van der Waals surface area (Å²) in [5.74, 6) is 0. The molecule has 0 bridgehead atoms. The summed E-state index contributed by atoms with van der Waals surface area (Å²) in [5.41, 5.74) is 4.48. The Morgan fingerprint density at radius 3 is 3.00 bits per heavy atom. The normalized spacial score (nSPS) is 14.4. The first-order valence-corrected chi connectivity index (χ1v) is 7.18. The third-order valence-corrected chi connectivity index (χ3v) is 4.06. The minimum absolute atomic E-state index is 0.216. The van der Waals surface area contributed by atoms with Crippen molar-refractivity contribution in [3.8, 4) is 0 Å². The Balaban J connectivity index is 1.73. The van der Waals surface area contributed by atoms with Crippen molar-refractivity contribution >= 4 is 28.5 Å². The fourth-order valence-electron chi connectivity index (χ4n) is 2.82. The molecule has 0 aliphatic carbocycles. The number of rotatable bonds is 1. The molecule has 0 fully saturated rings. The average molecular weight is 301 g/mol. The maximum Gasteiger partial charge on any atom is 0.325 e. The lowest BCUT2D eigenvalue weighted by Gasteiger charge is -2.30. The number of nitrogens with one attached hydrogen (secondary N) is 2. The van der Waals surface area contributed by atoms with Crippen LogP contribution < -0.4 is 10.6 Å². The quantitative estimate of drug-likeness (QED) is 0.725. The molecule has 2 N–H and O–H groups in total. The molecule has 4 rings (SSSR count). The number of hydrogen-bond acceptors (Lipinski definition) is 3. The molecule has 2 aromatic heterocycles. The van der Waals surface area contributed by atoms with Crippen molar-refractivity contribution in [2.75, 3.05) is 11.4 Å². The number of nitrogens with zero attached hydrogens (tertiary/aromatic N) is 2. The van der Waals surface area contributed by atoms with E-state index in [1.165, 1.54) is 0 Å². The van der Waals surface area contributed by atoms with Gasteiger partial charge in [-0.1, -0.05) is 17.7 Å². The van der Waals surface area contributed by atoms with Gasteiger partial charge in [-0.2, -0.15) is 0 Å². The van der Waals surface area contributed by atoms with Gasteiger partial charge in [-0.05, 0) is 29.8 Å². The molecular weight excluding hydrogens is 288 g/mol. The van der Waals surface area contributed by atoms with Gasteiger partial charge in [-0.15, -0.1) is 0 Å². The number of fused-ring (bicyclic) bond motifs is 2. The molecule has 0 amide bonds. The van der Waals surface area contributed by atoms with Crippen LogP contribution >= 0.6 is 11.6 Å². The first-order chi connectivity index (χ1) is 10.2. The van der Waals surface area contributed by atoms with Gasteiger partial charge in [0.15, 0.2) is 5.65 Å². The van der Waals surface area contributed by atoms with E-state index < -0.39 is 0 Å². The molecule has 1 aromatic carbocycles. The SMILES string of the molecule is O=c1[nH]c2cc3c(nc2[nH]1)CCN(c1cccc(Cl)c1)C3. The number of H-pyrrole nitrogens is 2. The van der Waals surface area contributed by atoms with Gasteiger partial charge in [0.1, 0.15) is 0 Å². The lowest BCUT2D eigenvalue weighted by atomic mass is 10.0. The Labute approximate surface area is 125 Å². The Hall–Kier alpha value is -2.27. The summed E-state index contributed by atoms with van der Waals surface area (Å²) < 4.78 is 0. The van der Waals surface area contributed by atoms with E-state index in [0.29, 0.717) is 5.65 Å². The Morgan fingerprint density at radius 2 is 2.14 bits per heavy atom. The number of aromatic nitrogens is 3. The second-order valence-corrected chi connectivity index (χ2v) is 5.66. The number of hydrogen-bond donors (Lipinski definition) is 2. The van der Waals surface area contributed by atoms with Gasteiger partial charge in [-0.25, -0.2) is 9.78 Å². The molecule has 6 heteroatoms. The topological polar surface area (TPSA) is 64.8 Å². The van der Waals surface area contributed by atoms with Crippen LogP contribution in [0.2, 0.25) is 5.02 Å². The number of anilines is 1. The number of pyridine rings is 1. The second-order valence-electron chi connectivity index (χ2n) is 5.22. The van der Waals surface area contributed by atoms with Crippen molar-refractivity contribution in [3.63, 3.8) is 0 Å². The fraction of sp³-hybridized carbons (Fsp3) is 0.200. The van der Waals surface area contributed by atoms with Crippen LogP contribution in [0.4, 0.5) is 5.69 Å². The third kappa shape index (κ3) is 2.19. The van der Waals surface area contributed by atoms with Gasteiger partial charge in [0.25, 0.3) is 0 Å². The molecule has 0 unspecified atom stereocenters. The molecule has 0 saturated heterocycles. The molecule has 0 atom stereocenters. The lowest BCUT2D eigenvalue weighted by molar-refractivity contribution is 0.715. The predicted molar refractivity (Wildman–Crippen MR) is 82.9 cm³/mol. The van der Waals surface area contributed by atoms with Crippen LogP contribution in [0.3, 0.4) is 0 Å². The number of imidazole rings is 1. The number of benzene rings is 1. The van der Waals surface area contributed by atoms with Crippen LogP contribution in [0.15, 0.2) is 35.1 Å². The van der Waals surface area contributed by atoms with Gasteiger partial charge in [0.05, 0.1) is 5.52 Å². The molecule has 0 saturated carbocycles. The van der Waals surface area contributed by atoms with Crippen molar-refractivity contribution in [2.45, 2.75) is 13.0 Å². The van der Waals surface area contributed by atoms with E-state index in [1.807, 2.05) is 24.3 Å². The zero-order valence-corrected chi connectivity index (χ0v) is 11.9. The van der Waals surface area contributed by atoms with Crippen LogP contribution in [-0.4, -0.2) is 21.5 Å². The molecule has 3 aromatic rings. The molecule has 1 aliphatic heterocycles. The summed E-state index contributed by atoms with van der Waals surface area (Å²) in [4.78, 5) is 23.6. The minimum Gasteiger partial charge on any atom is -0.367 e. The first kappa shape index (κ1) is 12.5. The van der Waals surface area contributed by atoms with E-state index in [1.54, 1.807) is 0 Å². The van der Waals surface area contributed by atoms with E-state index in [2.05, 4.69) is 25.9 Å². The monoisotopic (exact) mass is 300 g/mol. The molecule has 1 aliphatic rings. The summed E-state index contributed by atoms with van der Waals surface area (Å²) >= 11 is 6.06. The number of aromatic amines is 2. The van der Waals surface area contributed by atoms with Gasteiger partial charge < -0.3 is 9.88 Å². The van der Waals surface area contributed by atoms with E-state index in [-0.39, 0.29) is 5.69 Å². The number of halogens is 1. The smallest absolute Gasteiger partial charge is 0.325 e. The molecule has 0 spiro atoms. The highest BCUT2D eigenvalue weighted by molar-refractivity contribution is 6.30. The van der Waals surface area contributed by atoms with E-state index in [0.717, 1.165) is 47.0 Å². The fourth-order valence-corrected chi connectivity index (χ4v) is 3.00. The molecule has 106 valence electrons. The van der Waals surface area contributed by atoms with Crippen molar-refractivity contribution in [1.82, 2.24) is 15.0 Å². The Bertz CT molecular complexity index is 883. The van der Waals surface area contributed by atoms with Gasteiger partial charge >= 0.3 is 5.69 Å². The molecule has 0 radical (unpaired) electrons. The standard InChI is InChI=1S/C15H13ClN4O/c16-10-2-1-3-11(7-10)20-5-4-12-9(8-20)6-13-14(17-12)19-15(21)18-13/h1-3,6-7H,4-5,8H2,(H2,17,18,19,21). The summed E-state index contributed by atoms with van der Waals surface area (Å²) in [7, 11) is 0. The van der Waals surface area contributed by atoms with Crippen LogP contribution in [0.5, 0.6) is 0 Å². The molecule has 5 nitrogen and oxygen atoms in total.